The zero-order valence-electron chi connectivity index (χ0n) is 8.89. The summed E-state index contributed by atoms with van der Waals surface area (Å²) in [5.41, 5.74) is 0.622. The molecule has 0 unspecified atom stereocenters. The number of anilines is 1. The van der Waals surface area contributed by atoms with E-state index in [-0.39, 0.29) is 10.6 Å². The molecule has 6 heteroatoms. The summed E-state index contributed by atoms with van der Waals surface area (Å²) in [5.74, 6) is -1.20. The highest BCUT2D eigenvalue weighted by atomic mass is 32.1. The van der Waals surface area contributed by atoms with Crippen LogP contribution in [0, 0.1) is 6.92 Å². The van der Waals surface area contributed by atoms with E-state index in [1.165, 1.54) is 12.3 Å². The van der Waals surface area contributed by atoms with Crippen LogP contribution in [0.2, 0.25) is 0 Å². The molecule has 0 saturated carbocycles. The minimum Gasteiger partial charge on any atom is -0.477 e. The van der Waals surface area contributed by atoms with Crippen LogP contribution in [0.25, 0.3) is 0 Å². The molecule has 2 aromatic rings. The zero-order chi connectivity index (χ0) is 12.4. The van der Waals surface area contributed by atoms with Gasteiger partial charge in [-0.25, -0.2) is 4.79 Å². The van der Waals surface area contributed by atoms with Gasteiger partial charge in [0.15, 0.2) is 5.76 Å². The third kappa shape index (κ3) is 2.36. The lowest BCUT2D eigenvalue weighted by molar-refractivity contribution is 0.0701. The van der Waals surface area contributed by atoms with Crippen LogP contribution in [-0.2, 0) is 0 Å². The third-order valence-corrected chi connectivity index (χ3v) is 3.23. The second kappa shape index (κ2) is 4.42. The predicted octanol–water partition coefficient (Wildman–Crippen LogP) is 2.60. The van der Waals surface area contributed by atoms with Gasteiger partial charge in [0.05, 0.1) is 11.3 Å². The lowest BCUT2D eigenvalue weighted by Crippen LogP contribution is -2.09. The molecule has 88 valence electrons. The van der Waals surface area contributed by atoms with E-state index in [1.807, 2.05) is 0 Å². The van der Waals surface area contributed by atoms with Gasteiger partial charge in [0, 0.05) is 0 Å². The van der Waals surface area contributed by atoms with Crippen LogP contribution in [0.1, 0.15) is 25.8 Å². The number of aromatic carboxylic acids is 1. The molecule has 0 atom stereocenters. The van der Waals surface area contributed by atoms with Gasteiger partial charge in [0.25, 0.3) is 5.91 Å². The number of carboxylic acid groups (broad SMARTS) is 1. The maximum atomic E-state index is 11.6. The molecule has 1 amide bonds. The van der Waals surface area contributed by atoms with Gasteiger partial charge in [0.1, 0.15) is 4.88 Å². The average Bonchev–Trinajstić information content (AvgIpc) is 2.86. The van der Waals surface area contributed by atoms with Gasteiger partial charge in [-0.3, -0.25) is 4.79 Å². The molecule has 0 bridgehead atoms. The molecule has 0 aliphatic heterocycles. The minimum absolute atomic E-state index is 0.188. The Kier molecular flexibility index (Phi) is 2.97. The number of carbonyl (C=O) groups excluding carboxylic acids is 1. The lowest BCUT2D eigenvalue weighted by atomic mass is 10.3. The van der Waals surface area contributed by atoms with E-state index in [9.17, 15) is 9.59 Å². The first-order chi connectivity index (χ1) is 8.08. The predicted molar refractivity (Wildman–Crippen MR) is 62.7 cm³/mol. The van der Waals surface area contributed by atoms with Crippen molar-refractivity contribution in [3.8, 4) is 0 Å². The SMILES string of the molecule is Cc1cc(NC(=O)c2ccco2)sc1C(=O)O. The Hall–Kier alpha value is -2.08. The topological polar surface area (TPSA) is 79.5 Å². The van der Waals surface area contributed by atoms with Crippen molar-refractivity contribution in [2.45, 2.75) is 6.92 Å². The second-order valence-electron chi connectivity index (χ2n) is 3.36. The van der Waals surface area contributed by atoms with Gasteiger partial charge in [-0.2, -0.15) is 0 Å². The van der Waals surface area contributed by atoms with Crippen LogP contribution in [0.3, 0.4) is 0 Å². The van der Waals surface area contributed by atoms with Crippen LogP contribution in [-0.4, -0.2) is 17.0 Å². The van der Waals surface area contributed by atoms with Crippen LogP contribution in [0.15, 0.2) is 28.9 Å². The molecular weight excluding hydrogens is 242 g/mol. The Morgan fingerprint density at radius 3 is 2.76 bits per heavy atom. The van der Waals surface area contributed by atoms with E-state index in [2.05, 4.69) is 5.32 Å². The monoisotopic (exact) mass is 251 g/mol. The quantitative estimate of drug-likeness (QED) is 0.878. The smallest absolute Gasteiger partial charge is 0.346 e. The van der Waals surface area contributed by atoms with Crippen LogP contribution in [0.4, 0.5) is 5.00 Å². The van der Waals surface area contributed by atoms with Crippen molar-refractivity contribution in [1.82, 2.24) is 0 Å². The van der Waals surface area contributed by atoms with E-state index in [4.69, 9.17) is 9.52 Å². The molecule has 2 heterocycles. The first-order valence-corrected chi connectivity index (χ1v) is 5.58. The van der Waals surface area contributed by atoms with Gasteiger partial charge < -0.3 is 14.8 Å². The lowest BCUT2D eigenvalue weighted by Gasteiger charge is -1.97. The van der Waals surface area contributed by atoms with Crippen molar-refractivity contribution < 1.29 is 19.1 Å². The summed E-state index contributed by atoms with van der Waals surface area (Å²) in [6.45, 7) is 1.68. The molecule has 17 heavy (non-hydrogen) atoms. The highest BCUT2D eigenvalue weighted by Crippen LogP contribution is 2.26. The van der Waals surface area contributed by atoms with Gasteiger partial charge in [-0.05, 0) is 30.7 Å². The van der Waals surface area contributed by atoms with E-state index < -0.39 is 11.9 Å². The summed E-state index contributed by atoms with van der Waals surface area (Å²) in [4.78, 5) is 22.7. The van der Waals surface area contributed by atoms with Crippen molar-refractivity contribution in [1.29, 1.82) is 0 Å². The molecule has 0 aromatic carbocycles. The molecule has 0 aliphatic carbocycles. The Balaban J connectivity index is 2.17. The number of amides is 1. The average molecular weight is 251 g/mol. The standard InChI is InChI=1S/C11H9NO4S/c1-6-5-8(17-9(6)11(14)15)12-10(13)7-3-2-4-16-7/h2-5H,1H3,(H,12,13)(H,14,15). The summed E-state index contributed by atoms with van der Waals surface area (Å²) >= 11 is 1.02. The van der Waals surface area contributed by atoms with E-state index in [1.54, 1.807) is 19.1 Å². The zero-order valence-corrected chi connectivity index (χ0v) is 9.71. The normalized spacial score (nSPS) is 10.2. The first kappa shape index (κ1) is 11.4. The van der Waals surface area contributed by atoms with Crippen molar-refractivity contribution in [2.24, 2.45) is 0 Å². The fraction of sp³-hybridized carbons (Fsp3) is 0.0909. The second-order valence-corrected chi connectivity index (χ2v) is 4.41. The maximum Gasteiger partial charge on any atom is 0.346 e. The Morgan fingerprint density at radius 2 is 2.24 bits per heavy atom. The first-order valence-electron chi connectivity index (χ1n) is 4.76. The molecular formula is C11H9NO4S. The van der Waals surface area contributed by atoms with E-state index in [0.717, 1.165) is 11.3 Å². The summed E-state index contributed by atoms with van der Waals surface area (Å²) < 4.78 is 4.93. The number of thiophene rings is 1. The van der Waals surface area contributed by atoms with Gasteiger partial charge in [-0.1, -0.05) is 0 Å². The summed E-state index contributed by atoms with van der Waals surface area (Å²) in [6, 6.07) is 4.76. The molecule has 0 saturated heterocycles. The number of aryl methyl sites for hydroxylation is 1. The van der Waals surface area contributed by atoms with Gasteiger partial charge >= 0.3 is 5.97 Å². The Bertz CT molecular complexity index is 556. The van der Waals surface area contributed by atoms with E-state index >= 15 is 0 Å². The number of hydrogen-bond acceptors (Lipinski definition) is 4. The van der Waals surface area contributed by atoms with Crippen molar-refractivity contribution in [3.63, 3.8) is 0 Å². The summed E-state index contributed by atoms with van der Waals surface area (Å²) in [6.07, 6.45) is 1.40. The molecule has 0 spiro atoms. The molecule has 0 fully saturated rings. The fourth-order valence-corrected chi connectivity index (χ4v) is 2.24. The molecule has 0 aliphatic rings. The Morgan fingerprint density at radius 1 is 1.47 bits per heavy atom. The molecule has 2 N–H and O–H groups in total. The Labute approximate surface area is 101 Å². The van der Waals surface area contributed by atoms with Crippen LogP contribution in [0.5, 0.6) is 0 Å². The van der Waals surface area contributed by atoms with Gasteiger partial charge in [-0.15, -0.1) is 11.3 Å². The highest BCUT2D eigenvalue weighted by Gasteiger charge is 2.15. The maximum absolute atomic E-state index is 11.6. The summed E-state index contributed by atoms with van der Waals surface area (Å²) in [7, 11) is 0. The summed E-state index contributed by atoms with van der Waals surface area (Å²) in [5, 5.41) is 11.9. The van der Waals surface area contributed by atoms with Crippen molar-refractivity contribution in [3.05, 3.63) is 40.7 Å². The number of rotatable bonds is 3. The third-order valence-electron chi connectivity index (χ3n) is 2.09. The van der Waals surface area contributed by atoms with E-state index in [0.29, 0.717) is 10.6 Å². The van der Waals surface area contributed by atoms with Crippen LogP contribution < -0.4 is 5.32 Å². The molecule has 2 rings (SSSR count). The number of hydrogen-bond donors (Lipinski definition) is 2. The minimum atomic E-state index is -0.994. The molecule has 0 radical (unpaired) electrons. The largest absolute Gasteiger partial charge is 0.477 e. The number of furan rings is 1. The highest BCUT2D eigenvalue weighted by molar-refractivity contribution is 7.18. The van der Waals surface area contributed by atoms with Gasteiger partial charge in [0.2, 0.25) is 0 Å². The number of carboxylic acids is 1. The number of carbonyl (C=O) groups is 2. The molecule has 5 nitrogen and oxygen atoms in total. The van der Waals surface area contributed by atoms with Crippen molar-refractivity contribution >= 4 is 28.2 Å². The van der Waals surface area contributed by atoms with Crippen molar-refractivity contribution in [2.75, 3.05) is 5.32 Å². The fourth-order valence-electron chi connectivity index (χ4n) is 1.34. The van der Waals surface area contributed by atoms with Crippen LogP contribution >= 0.6 is 11.3 Å². The molecule has 2 aromatic heterocycles. The number of nitrogens with one attached hydrogen (secondary N) is 1.